The van der Waals surface area contributed by atoms with Gasteiger partial charge in [0, 0.05) is 0 Å². The van der Waals surface area contributed by atoms with Crippen LogP contribution in [0.1, 0.15) is 38.5 Å². The Hall–Kier alpha value is -0.570. The van der Waals surface area contributed by atoms with E-state index in [0.717, 1.165) is 31.7 Å². The number of amides is 1. The maximum atomic E-state index is 11.4. The van der Waals surface area contributed by atoms with E-state index < -0.39 is 0 Å². The van der Waals surface area contributed by atoms with E-state index in [-0.39, 0.29) is 11.4 Å². The van der Waals surface area contributed by atoms with Crippen molar-refractivity contribution in [3.05, 3.63) is 0 Å². The molecule has 0 radical (unpaired) electrons. The lowest BCUT2D eigenvalue weighted by Gasteiger charge is -2.34. The summed E-state index contributed by atoms with van der Waals surface area (Å²) in [6.07, 6.45) is 6.92. The van der Waals surface area contributed by atoms with Crippen molar-refractivity contribution in [2.45, 2.75) is 44.1 Å². The molecule has 0 aromatic carbocycles. The molecule has 3 N–H and O–H groups in total. The summed E-state index contributed by atoms with van der Waals surface area (Å²) >= 11 is 0. The molecule has 2 aliphatic rings. The smallest absolute Gasteiger partial charge is 0.237 e. The Morgan fingerprint density at radius 1 is 1.46 bits per heavy atom. The van der Waals surface area contributed by atoms with Gasteiger partial charge in [-0.1, -0.05) is 19.3 Å². The van der Waals surface area contributed by atoms with Crippen LogP contribution < -0.4 is 11.1 Å². The molecule has 3 nitrogen and oxygen atoms in total. The van der Waals surface area contributed by atoms with E-state index >= 15 is 0 Å². The van der Waals surface area contributed by atoms with Gasteiger partial charge in [-0.2, -0.15) is 0 Å². The van der Waals surface area contributed by atoms with Gasteiger partial charge in [-0.3, -0.25) is 4.79 Å². The predicted molar refractivity (Wildman–Crippen MR) is 51.1 cm³/mol. The summed E-state index contributed by atoms with van der Waals surface area (Å²) in [5.41, 5.74) is 5.12. The van der Waals surface area contributed by atoms with Crippen molar-refractivity contribution in [1.82, 2.24) is 5.32 Å². The molecular formula is C10H18N2O. The largest absolute Gasteiger partial charge is 0.368 e. The van der Waals surface area contributed by atoms with Gasteiger partial charge in [-0.25, -0.2) is 0 Å². The second kappa shape index (κ2) is 3.29. The highest BCUT2D eigenvalue weighted by Crippen LogP contribution is 2.36. The molecule has 1 unspecified atom stereocenters. The molecule has 0 bridgehead atoms. The third-order valence-corrected chi connectivity index (χ3v) is 3.58. The quantitative estimate of drug-likeness (QED) is 0.678. The number of carbonyl (C=O) groups excluding carboxylic acids is 1. The van der Waals surface area contributed by atoms with Crippen molar-refractivity contribution in [1.29, 1.82) is 0 Å². The van der Waals surface area contributed by atoms with Gasteiger partial charge in [0.2, 0.25) is 5.91 Å². The normalized spacial score (nSPS) is 34.5. The standard InChI is InChI=1S/C10H18N2O/c11-9(13)10(5-2-6-12-10)7-8-3-1-4-8/h8,12H,1-7H2,(H2,11,13). The third-order valence-electron chi connectivity index (χ3n) is 3.58. The molecule has 1 heterocycles. The fourth-order valence-corrected chi connectivity index (χ4v) is 2.48. The molecule has 0 aromatic heterocycles. The van der Waals surface area contributed by atoms with E-state index in [9.17, 15) is 4.79 Å². The second-order valence-corrected chi connectivity index (χ2v) is 4.48. The van der Waals surface area contributed by atoms with Crippen LogP contribution in [0.5, 0.6) is 0 Å². The zero-order valence-corrected chi connectivity index (χ0v) is 8.01. The monoisotopic (exact) mass is 182 g/mol. The highest BCUT2D eigenvalue weighted by atomic mass is 16.1. The van der Waals surface area contributed by atoms with Crippen LogP contribution in [0.4, 0.5) is 0 Å². The van der Waals surface area contributed by atoms with Crippen LogP contribution in [-0.4, -0.2) is 18.0 Å². The van der Waals surface area contributed by atoms with Crippen LogP contribution >= 0.6 is 0 Å². The number of hydrogen-bond acceptors (Lipinski definition) is 2. The minimum atomic E-state index is -0.342. The summed E-state index contributed by atoms with van der Waals surface area (Å²) in [7, 11) is 0. The molecule has 2 fully saturated rings. The van der Waals surface area contributed by atoms with Crippen LogP contribution in [0.2, 0.25) is 0 Å². The van der Waals surface area contributed by atoms with Gasteiger partial charge in [-0.05, 0) is 31.7 Å². The Labute approximate surface area is 79.1 Å². The maximum absolute atomic E-state index is 11.4. The SMILES string of the molecule is NC(=O)C1(CC2CCC2)CCCN1. The van der Waals surface area contributed by atoms with Gasteiger partial charge in [0.25, 0.3) is 0 Å². The molecule has 0 aromatic rings. The number of primary amides is 1. The summed E-state index contributed by atoms with van der Waals surface area (Å²) in [4.78, 5) is 11.4. The van der Waals surface area contributed by atoms with Gasteiger partial charge in [0.1, 0.15) is 0 Å². The fraction of sp³-hybridized carbons (Fsp3) is 0.900. The predicted octanol–water partition coefficient (Wildman–Crippen LogP) is 0.784. The Morgan fingerprint density at radius 2 is 2.23 bits per heavy atom. The number of nitrogens with two attached hydrogens (primary N) is 1. The minimum Gasteiger partial charge on any atom is -0.368 e. The zero-order valence-electron chi connectivity index (χ0n) is 8.01. The van der Waals surface area contributed by atoms with Crippen LogP contribution in [-0.2, 0) is 4.79 Å². The number of nitrogens with one attached hydrogen (secondary N) is 1. The molecule has 1 saturated heterocycles. The Morgan fingerprint density at radius 3 is 2.62 bits per heavy atom. The Balaban J connectivity index is 1.99. The molecule has 1 saturated carbocycles. The highest BCUT2D eigenvalue weighted by molar-refractivity contribution is 5.85. The van der Waals surface area contributed by atoms with Gasteiger partial charge in [-0.15, -0.1) is 0 Å². The lowest BCUT2D eigenvalue weighted by molar-refractivity contribution is -0.124. The molecule has 1 amide bonds. The third kappa shape index (κ3) is 1.57. The molecule has 1 atom stereocenters. The maximum Gasteiger partial charge on any atom is 0.237 e. The second-order valence-electron chi connectivity index (χ2n) is 4.48. The first-order valence-corrected chi connectivity index (χ1v) is 5.28. The van der Waals surface area contributed by atoms with Crippen molar-refractivity contribution in [2.24, 2.45) is 11.7 Å². The summed E-state index contributed by atoms with van der Waals surface area (Å²) in [6, 6.07) is 0. The van der Waals surface area contributed by atoms with Crippen molar-refractivity contribution < 1.29 is 4.79 Å². The van der Waals surface area contributed by atoms with Gasteiger partial charge < -0.3 is 11.1 Å². The lowest BCUT2D eigenvalue weighted by Crippen LogP contribution is -2.53. The van der Waals surface area contributed by atoms with E-state index in [1.807, 2.05) is 0 Å². The van der Waals surface area contributed by atoms with Crippen LogP contribution in [0.15, 0.2) is 0 Å². The van der Waals surface area contributed by atoms with Gasteiger partial charge >= 0.3 is 0 Å². The molecule has 1 aliphatic carbocycles. The molecule has 74 valence electrons. The summed E-state index contributed by atoms with van der Waals surface area (Å²) in [6.45, 7) is 0.954. The summed E-state index contributed by atoms with van der Waals surface area (Å²) in [5.74, 6) is 0.606. The first-order chi connectivity index (χ1) is 6.23. The van der Waals surface area contributed by atoms with E-state index in [0.29, 0.717) is 0 Å². The van der Waals surface area contributed by atoms with E-state index in [2.05, 4.69) is 5.32 Å². The lowest BCUT2D eigenvalue weighted by atomic mass is 9.75. The first-order valence-electron chi connectivity index (χ1n) is 5.28. The zero-order chi connectivity index (χ0) is 9.31. The average Bonchev–Trinajstić information content (AvgIpc) is 2.46. The van der Waals surface area contributed by atoms with E-state index in [4.69, 9.17) is 5.73 Å². The first kappa shape index (κ1) is 9.00. The van der Waals surface area contributed by atoms with Crippen LogP contribution in [0.25, 0.3) is 0 Å². The fourth-order valence-electron chi connectivity index (χ4n) is 2.48. The molecule has 3 heteroatoms. The van der Waals surface area contributed by atoms with Crippen molar-refractivity contribution in [3.63, 3.8) is 0 Å². The van der Waals surface area contributed by atoms with Gasteiger partial charge in [0.05, 0.1) is 5.54 Å². The highest BCUT2D eigenvalue weighted by Gasteiger charge is 2.41. The Bertz CT molecular complexity index is 205. The van der Waals surface area contributed by atoms with Gasteiger partial charge in [0.15, 0.2) is 0 Å². The topological polar surface area (TPSA) is 55.1 Å². The van der Waals surface area contributed by atoms with Crippen molar-refractivity contribution in [2.75, 3.05) is 6.54 Å². The van der Waals surface area contributed by atoms with E-state index in [1.165, 1.54) is 19.3 Å². The number of rotatable bonds is 3. The molecular weight excluding hydrogens is 164 g/mol. The summed E-state index contributed by atoms with van der Waals surface area (Å²) < 4.78 is 0. The number of hydrogen-bond donors (Lipinski definition) is 2. The van der Waals surface area contributed by atoms with Crippen LogP contribution in [0, 0.1) is 5.92 Å². The van der Waals surface area contributed by atoms with Crippen molar-refractivity contribution in [3.8, 4) is 0 Å². The summed E-state index contributed by atoms with van der Waals surface area (Å²) in [5, 5.41) is 3.29. The average molecular weight is 182 g/mol. The molecule has 13 heavy (non-hydrogen) atoms. The van der Waals surface area contributed by atoms with Crippen LogP contribution in [0.3, 0.4) is 0 Å². The molecule has 1 aliphatic heterocycles. The minimum absolute atomic E-state index is 0.142. The molecule has 2 rings (SSSR count). The van der Waals surface area contributed by atoms with Crippen molar-refractivity contribution >= 4 is 5.91 Å². The Kier molecular flexibility index (Phi) is 2.28. The number of carbonyl (C=O) groups is 1. The molecule has 0 spiro atoms. The van der Waals surface area contributed by atoms with E-state index in [1.54, 1.807) is 0 Å².